The van der Waals surface area contributed by atoms with Crippen LogP contribution in [0.2, 0.25) is 10.0 Å². The van der Waals surface area contributed by atoms with Gasteiger partial charge in [-0.3, -0.25) is 0 Å². The predicted molar refractivity (Wildman–Crippen MR) is 134 cm³/mol. The summed E-state index contributed by atoms with van der Waals surface area (Å²) in [6, 6.07) is 16.6. The minimum atomic E-state index is 0.474. The van der Waals surface area contributed by atoms with Gasteiger partial charge >= 0.3 is 0 Å². The lowest BCUT2D eigenvalue weighted by molar-refractivity contribution is 0.324. The number of pyridine rings is 1. The van der Waals surface area contributed by atoms with Crippen molar-refractivity contribution < 1.29 is 0 Å². The van der Waals surface area contributed by atoms with Gasteiger partial charge in [0, 0.05) is 53.9 Å². The van der Waals surface area contributed by atoms with Crippen LogP contribution in [0.15, 0.2) is 48.5 Å². The molecular weight excluding hydrogens is 427 g/mol. The van der Waals surface area contributed by atoms with Crippen LogP contribution in [0, 0.1) is 5.92 Å². The van der Waals surface area contributed by atoms with E-state index in [1.807, 2.05) is 24.3 Å². The number of nitrogens with one attached hydrogen (secondary N) is 2. The topological polar surface area (TPSA) is 40.2 Å². The Balaban J connectivity index is 1.30. The second-order valence-corrected chi connectivity index (χ2v) is 9.51. The summed E-state index contributed by atoms with van der Waals surface area (Å²) >= 11 is 12.3. The van der Waals surface area contributed by atoms with Crippen LogP contribution in [0.4, 0.5) is 11.5 Å². The molecule has 31 heavy (non-hydrogen) atoms. The van der Waals surface area contributed by atoms with Crippen LogP contribution in [0.5, 0.6) is 0 Å². The molecule has 0 amide bonds. The Labute approximate surface area is 194 Å². The molecule has 4 nitrogen and oxygen atoms in total. The van der Waals surface area contributed by atoms with E-state index in [9.17, 15) is 0 Å². The average molecular weight is 457 g/mol. The fourth-order valence-electron chi connectivity index (χ4n) is 4.41. The Kier molecular flexibility index (Phi) is 7.21. The van der Waals surface area contributed by atoms with E-state index in [4.69, 9.17) is 28.2 Å². The number of halogens is 2. The van der Waals surface area contributed by atoms with Crippen LogP contribution in [0.25, 0.3) is 10.9 Å². The number of nitrogens with zero attached hydrogens (tertiary/aromatic N) is 2. The Hall–Kier alpha value is -2.01. The fourth-order valence-corrected chi connectivity index (χ4v) is 4.79. The van der Waals surface area contributed by atoms with E-state index in [2.05, 4.69) is 53.9 Å². The van der Waals surface area contributed by atoms with Crippen molar-refractivity contribution in [2.75, 3.05) is 30.9 Å². The van der Waals surface area contributed by atoms with Crippen LogP contribution < -0.4 is 15.5 Å². The Morgan fingerprint density at radius 3 is 2.55 bits per heavy atom. The molecular formula is C25H30Cl2N4. The molecule has 1 aliphatic carbocycles. The third kappa shape index (κ3) is 5.62. The van der Waals surface area contributed by atoms with Crippen molar-refractivity contribution in [2.45, 2.75) is 38.3 Å². The second-order valence-electron chi connectivity index (χ2n) is 8.67. The molecule has 3 aromatic rings. The smallest absolute Gasteiger partial charge is 0.128 e. The first-order valence-electron chi connectivity index (χ1n) is 11.0. The molecule has 1 fully saturated rings. The summed E-state index contributed by atoms with van der Waals surface area (Å²) in [7, 11) is 4.17. The molecule has 0 atom stereocenters. The number of fused-ring (bicyclic) bond motifs is 1. The van der Waals surface area contributed by atoms with Gasteiger partial charge < -0.3 is 15.5 Å². The maximum atomic E-state index is 6.26. The summed E-state index contributed by atoms with van der Waals surface area (Å²) in [4.78, 5) is 7.01. The first kappa shape index (κ1) is 22.2. The minimum absolute atomic E-state index is 0.474. The van der Waals surface area contributed by atoms with E-state index in [0.717, 1.165) is 52.9 Å². The van der Waals surface area contributed by atoms with Crippen LogP contribution in [0.1, 0.15) is 31.2 Å². The highest BCUT2D eigenvalue weighted by Crippen LogP contribution is 2.30. The lowest BCUT2D eigenvalue weighted by atomic mass is 9.86. The number of benzene rings is 2. The molecule has 164 valence electrons. The lowest BCUT2D eigenvalue weighted by Gasteiger charge is -2.30. The molecule has 1 aliphatic rings. The summed E-state index contributed by atoms with van der Waals surface area (Å²) in [6.07, 6.45) is 4.75. The summed E-state index contributed by atoms with van der Waals surface area (Å²) in [5, 5.41) is 9.94. The molecule has 2 aromatic carbocycles. The SMILES string of the molecule is CN(C)c1cc(NC2CCC(CNCc3cc(Cl)ccc3Cl)CC2)nc2ccccc12. The monoisotopic (exact) mass is 456 g/mol. The van der Waals surface area contributed by atoms with Gasteiger partial charge in [-0.1, -0.05) is 41.4 Å². The van der Waals surface area contributed by atoms with Gasteiger partial charge in [-0.2, -0.15) is 0 Å². The Morgan fingerprint density at radius 2 is 1.77 bits per heavy atom. The number of hydrogen-bond acceptors (Lipinski definition) is 4. The molecule has 0 spiro atoms. The zero-order valence-corrected chi connectivity index (χ0v) is 19.7. The zero-order valence-electron chi connectivity index (χ0n) is 18.2. The largest absolute Gasteiger partial charge is 0.377 e. The second kappa shape index (κ2) is 10.1. The van der Waals surface area contributed by atoms with Gasteiger partial charge in [-0.05, 0) is 68.0 Å². The molecule has 2 N–H and O–H groups in total. The van der Waals surface area contributed by atoms with Crippen molar-refractivity contribution in [3.05, 3.63) is 64.1 Å². The third-order valence-corrected chi connectivity index (χ3v) is 6.73. The summed E-state index contributed by atoms with van der Waals surface area (Å²) in [6.45, 7) is 1.76. The van der Waals surface area contributed by atoms with Crippen LogP contribution in [0.3, 0.4) is 0 Å². The standard InChI is InChI=1S/C25H30Cl2N4/c1-31(2)24-14-25(30-23-6-4-3-5-21(23)24)29-20-10-7-17(8-11-20)15-28-16-18-13-19(26)9-12-22(18)27/h3-6,9,12-14,17,20,28H,7-8,10-11,15-16H2,1-2H3,(H,29,30). The van der Waals surface area contributed by atoms with E-state index in [1.165, 1.54) is 23.9 Å². The first-order valence-corrected chi connectivity index (χ1v) is 11.7. The first-order chi connectivity index (χ1) is 15.0. The molecule has 0 unspecified atom stereocenters. The zero-order chi connectivity index (χ0) is 21.8. The van der Waals surface area contributed by atoms with Crippen molar-refractivity contribution in [1.82, 2.24) is 10.3 Å². The van der Waals surface area contributed by atoms with Gasteiger partial charge in [0.2, 0.25) is 0 Å². The van der Waals surface area contributed by atoms with E-state index in [-0.39, 0.29) is 0 Å². The summed E-state index contributed by atoms with van der Waals surface area (Å²) in [5.74, 6) is 1.66. The maximum Gasteiger partial charge on any atom is 0.128 e. The molecule has 1 aromatic heterocycles. The van der Waals surface area contributed by atoms with E-state index in [1.54, 1.807) is 0 Å². The number of para-hydroxylation sites is 1. The van der Waals surface area contributed by atoms with E-state index < -0.39 is 0 Å². The van der Waals surface area contributed by atoms with Gasteiger partial charge in [0.1, 0.15) is 5.82 Å². The average Bonchev–Trinajstić information content (AvgIpc) is 2.76. The summed E-state index contributed by atoms with van der Waals surface area (Å²) in [5.41, 5.74) is 3.29. The molecule has 0 saturated heterocycles. The van der Waals surface area contributed by atoms with Gasteiger partial charge in [0.05, 0.1) is 5.52 Å². The number of hydrogen-bond donors (Lipinski definition) is 2. The van der Waals surface area contributed by atoms with Crippen molar-refractivity contribution in [2.24, 2.45) is 5.92 Å². The van der Waals surface area contributed by atoms with E-state index in [0.29, 0.717) is 12.0 Å². The lowest BCUT2D eigenvalue weighted by Crippen LogP contribution is -2.31. The molecule has 0 aliphatic heterocycles. The number of rotatable bonds is 7. The van der Waals surface area contributed by atoms with Crippen molar-refractivity contribution >= 4 is 45.6 Å². The highest BCUT2D eigenvalue weighted by Gasteiger charge is 2.21. The normalized spacial score (nSPS) is 18.8. The predicted octanol–water partition coefficient (Wildman–Crippen LogP) is 6.37. The van der Waals surface area contributed by atoms with Crippen LogP contribution in [-0.4, -0.2) is 31.7 Å². The number of aromatic nitrogens is 1. The molecule has 0 radical (unpaired) electrons. The highest BCUT2D eigenvalue weighted by molar-refractivity contribution is 6.33. The van der Waals surface area contributed by atoms with Gasteiger partial charge in [-0.25, -0.2) is 4.98 Å². The fraction of sp³-hybridized carbons (Fsp3) is 0.400. The Morgan fingerprint density at radius 1 is 1.00 bits per heavy atom. The molecule has 4 rings (SSSR count). The van der Waals surface area contributed by atoms with E-state index >= 15 is 0 Å². The minimum Gasteiger partial charge on any atom is -0.377 e. The molecule has 1 heterocycles. The van der Waals surface area contributed by atoms with Crippen molar-refractivity contribution in [1.29, 1.82) is 0 Å². The molecule has 0 bridgehead atoms. The molecule has 6 heteroatoms. The maximum absolute atomic E-state index is 6.26. The summed E-state index contributed by atoms with van der Waals surface area (Å²) < 4.78 is 0. The van der Waals surface area contributed by atoms with Crippen molar-refractivity contribution in [3.8, 4) is 0 Å². The number of anilines is 2. The van der Waals surface area contributed by atoms with Gasteiger partial charge in [0.15, 0.2) is 0 Å². The Bertz CT molecular complexity index is 1030. The van der Waals surface area contributed by atoms with Gasteiger partial charge in [0.25, 0.3) is 0 Å². The quantitative estimate of drug-likeness (QED) is 0.433. The highest BCUT2D eigenvalue weighted by atomic mass is 35.5. The van der Waals surface area contributed by atoms with Crippen LogP contribution >= 0.6 is 23.2 Å². The molecule has 1 saturated carbocycles. The third-order valence-electron chi connectivity index (χ3n) is 6.13. The van der Waals surface area contributed by atoms with Crippen molar-refractivity contribution in [3.63, 3.8) is 0 Å². The van der Waals surface area contributed by atoms with Gasteiger partial charge in [-0.15, -0.1) is 0 Å². The van der Waals surface area contributed by atoms with Crippen LogP contribution in [-0.2, 0) is 6.54 Å².